The van der Waals surface area contributed by atoms with Crippen molar-refractivity contribution in [1.29, 1.82) is 0 Å². The van der Waals surface area contributed by atoms with E-state index in [4.69, 9.17) is 15.7 Å². The maximum absolute atomic E-state index is 12.3. The van der Waals surface area contributed by atoms with Crippen LogP contribution in [0.3, 0.4) is 0 Å². The lowest BCUT2D eigenvalue weighted by Gasteiger charge is -2.40. The fraction of sp³-hybridized carbons (Fsp3) is 0.867. The highest BCUT2D eigenvalue weighted by atomic mass is 16.5. The van der Waals surface area contributed by atoms with Crippen LogP contribution in [0.2, 0.25) is 0 Å². The van der Waals surface area contributed by atoms with E-state index in [1.165, 1.54) is 6.42 Å². The first kappa shape index (κ1) is 16.1. The Labute approximate surface area is 126 Å². The van der Waals surface area contributed by atoms with E-state index in [0.717, 1.165) is 44.9 Å². The van der Waals surface area contributed by atoms with Crippen molar-refractivity contribution in [3.63, 3.8) is 0 Å². The van der Waals surface area contributed by atoms with Gasteiger partial charge in [-0.1, -0.05) is 24.4 Å². The van der Waals surface area contributed by atoms with Gasteiger partial charge in [0.25, 0.3) is 0 Å². The maximum Gasteiger partial charge on any atom is 0.223 e. The van der Waals surface area contributed by atoms with Crippen molar-refractivity contribution in [3.8, 4) is 0 Å². The number of carbonyl (C=O) groups excluding carboxylic acids is 1. The van der Waals surface area contributed by atoms with Gasteiger partial charge in [0.2, 0.25) is 5.91 Å². The molecule has 0 radical (unpaired) electrons. The molecule has 0 spiro atoms. The van der Waals surface area contributed by atoms with Crippen molar-refractivity contribution < 1.29 is 14.7 Å². The van der Waals surface area contributed by atoms with Crippen LogP contribution >= 0.6 is 0 Å². The Morgan fingerprint density at radius 3 is 2.52 bits per heavy atom. The van der Waals surface area contributed by atoms with Crippen LogP contribution in [0.15, 0.2) is 5.16 Å². The van der Waals surface area contributed by atoms with Gasteiger partial charge in [-0.15, -0.1) is 0 Å². The second-order valence-corrected chi connectivity index (χ2v) is 6.39. The Bertz CT molecular complexity index is 382. The van der Waals surface area contributed by atoms with E-state index in [9.17, 15) is 4.79 Å². The van der Waals surface area contributed by atoms with E-state index in [1.807, 2.05) is 0 Å². The molecule has 6 heteroatoms. The standard InChI is InChI=1S/C15H27N3O3/c1-21-15(8-5-9-15)10-12(19)17-13(14(16)18-20)11-6-3-2-4-7-11/h11,13,20H,2-10H2,1H3,(H2,16,18)(H,17,19). The largest absolute Gasteiger partial charge is 0.409 e. The molecule has 21 heavy (non-hydrogen) atoms. The first-order valence-corrected chi connectivity index (χ1v) is 7.92. The summed E-state index contributed by atoms with van der Waals surface area (Å²) in [5.74, 6) is 0.299. The van der Waals surface area contributed by atoms with Crippen LogP contribution < -0.4 is 11.1 Å². The number of hydrogen-bond donors (Lipinski definition) is 3. The Hall–Kier alpha value is -1.30. The summed E-state index contributed by atoms with van der Waals surface area (Å²) < 4.78 is 5.49. The summed E-state index contributed by atoms with van der Waals surface area (Å²) in [7, 11) is 1.66. The molecule has 0 saturated heterocycles. The number of hydrogen-bond acceptors (Lipinski definition) is 4. The molecule has 0 aromatic heterocycles. The first-order chi connectivity index (χ1) is 10.1. The van der Waals surface area contributed by atoms with Crippen LogP contribution in [-0.2, 0) is 9.53 Å². The summed E-state index contributed by atoms with van der Waals surface area (Å²) in [6.07, 6.45) is 8.82. The number of nitrogens with one attached hydrogen (secondary N) is 1. The molecule has 1 unspecified atom stereocenters. The Balaban J connectivity index is 1.95. The van der Waals surface area contributed by atoms with E-state index < -0.39 is 0 Å². The third kappa shape index (κ3) is 3.87. The molecule has 0 heterocycles. The lowest BCUT2D eigenvalue weighted by molar-refractivity contribution is -0.134. The van der Waals surface area contributed by atoms with E-state index >= 15 is 0 Å². The predicted octanol–water partition coefficient (Wildman–Crippen LogP) is 1.76. The molecule has 4 N–H and O–H groups in total. The molecular formula is C15H27N3O3. The topological polar surface area (TPSA) is 96.9 Å². The van der Waals surface area contributed by atoms with Gasteiger partial charge in [0.05, 0.1) is 18.1 Å². The number of ether oxygens (including phenoxy) is 1. The molecule has 2 aliphatic carbocycles. The highest BCUT2D eigenvalue weighted by Gasteiger charge is 2.40. The second-order valence-electron chi connectivity index (χ2n) is 6.39. The van der Waals surface area contributed by atoms with E-state index in [1.54, 1.807) is 7.11 Å². The van der Waals surface area contributed by atoms with Gasteiger partial charge in [-0.05, 0) is 38.0 Å². The lowest BCUT2D eigenvalue weighted by atomic mass is 9.77. The van der Waals surface area contributed by atoms with Crippen molar-refractivity contribution in [2.75, 3.05) is 7.11 Å². The van der Waals surface area contributed by atoms with Gasteiger partial charge in [0.15, 0.2) is 5.84 Å². The normalized spacial score (nSPS) is 24.1. The predicted molar refractivity (Wildman–Crippen MR) is 80.1 cm³/mol. The average molecular weight is 297 g/mol. The molecule has 0 aliphatic heterocycles. The van der Waals surface area contributed by atoms with Crippen LogP contribution in [0.4, 0.5) is 0 Å². The summed E-state index contributed by atoms with van der Waals surface area (Å²) in [4.78, 5) is 12.3. The highest BCUT2D eigenvalue weighted by Crippen LogP contribution is 2.38. The van der Waals surface area contributed by atoms with Crippen LogP contribution in [0, 0.1) is 5.92 Å². The van der Waals surface area contributed by atoms with Gasteiger partial charge in [-0.3, -0.25) is 4.79 Å². The SMILES string of the molecule is COC1(CC(=O)NC(C(N)=NO)C2CCCCC2)CCC1. The van der Waals surface area contributed by atoms with Gasteiger partial charge in [0.1, 0.15) is 0 Å². The van der Waals surface area contributed by atoms with E-state index in [-0.39, 0.29) is 29.3 Å². The van der Waals surface area contributed by atoms with Gasteiger partial charge in [-0.2, -0.15) is 0 Å². The summed E-state index contributed by atoms with van der Waals surface area (Å²) >= 11 is 0. The van der Waals surface area contributed by atoms with Crippen molar-refractivity contribution in [2.45, 2.75) is 69.4 Å². The average Bonchev–Trinajstić information content (AvgIpc) is 2.48. The smallest absolute Gasteiger partial charge is 0.223 e. The van der Waals surface area contributed by atoms with Gasteiger partial charge >= 0.3 is 0 Å². The molecule has 0 aromatic carbocycles. The maximum atomic E-state index is 12.3. The molecule has 2 aliphatic rings. The zero-order chi connectivity index (χ0) is 15.3. The Kier molecular flexibility index (Phi) is 5.45. The number of carbonyl (C=O) groups is 1. The number of amidine groups is 1. The number of nitrogens with two attached hydrogens (primary N) is 1. The molecule has 1 atom stereocenters. The van der Waals surface area contributed by atoms with Crippen molar-refractivity contribution >= 4 is 11.7 Å². The minimum Gasteiger partial charge on any atom is -0.409 e. The molecule has 1 amide bonds. The van der Waals surface area contributed by atoms with Gasteiger partial charge < -0.3 is 21.0 Å². The lowest BCUT2D eigenvalue weighted by Crippen LogP contribution is -2.52. The zero-order valence-electron chi connectivity index (χ0n) is 12.8. The monoisotopic (exact) mass is 297 g/mol. The fourth-order valence-corrected chi connectivity index (χ4v) is 3.50. The fourth-order valence-electron chi connectivity index (χ4n) is 3.50. The molecule has 2 saturated carbocycles. The number of nitrogens with zero attached hydrogens (tertiary/aromatic N) is 1. The Morgan fingerprint density at radius 2 is 2.05 bits per heavy atom. The van der Waals surface area contributed by atoms with Crippen LogP contribution in [0.5, 0.6) is 0 Å². The summed E-state index contributed by atoms with van der Waals surface area (Å²) in [6, 6.07) is -0.364. The van der Waals surface area contributed by atoms with Crippen LogP contribution in [0.1, 0.15) is 57.8 Å². The van der Waals surface area contributed by atoms with E-state index in [2.05, 4.69) is 10.5 Å². The van der Waals surface area contributed by atoms with E-state index in [0.29, 0.717) is 6.42 Å². The minimum absolute atomic E-state index is 0.0706. The minimum atomic E-state index is -0.364. The highest BCUT2D eigenvalue weighted by molar-refractivity contribution is 5.90. The van der Waals surface area contributed by atoms with Crippen molar-refractivity contribution in [1.82, 2.24) is 5.32 Å². The molecule has 6 nitrogen and oxygen atoms in total. The second kappa shape index (κ2) is 7.11. The zero-order valence-corrected chi connectivity index (χ0v) is 12.8. The molecule has 2 rings (SSSR count). The molecular weight excluding hydrogens is 270 g/mol. The van der Waals surface area contributed by atoms with Crippen LogP contribution in [-0.4, -0.2) is 35.7 Å². The summed E-state index contributed by atoms with van der Waals surface area (Å²) in [5.41, 5.74) is 5.49. The molecule has 120 valence electrons. The third-order valence-corrected chi connectivity index (χ3v) is 5.05. The molecule has 2 fully saturated rings. The number of amides is 1. The van der Waals surface area contributed by atoms with Crippen LogP contribution in [0.25, 0.3) is 0 Å². The Morgan fingerprint density at radius 1 is 1.38 bits per heavy atom. The van der Waals surface area contributed by atoms with Crippen molar-refractivity contribution in [3.05, 3.63) is 0 Å². The number of methoxy groups -OCH3 is 1. The van der Waals surface area contributed by atoms with Gasteiger partial charge in [0, 0.05) is 7.11 Å². The number of rotatable bonds is 6. The van der Waals surface area contributed by atoms with Crippen molar-refractivity contribution in [2.24, 2.45) is 16.8 Å². The quantitative estimate of drug-likeness (QED) is 0.301. The molecule has 0 aromatic rings. The number of oxime groups is 1. The third-order valence-electron chi connectivity index (χ3n) is 5.05. The summed E-state index contributed by atoms with van der Waals surface area (Å²) in [5, 5.41) is 15.0. The first-order valence-electron chi connectivity index (χ1n) is 7.92. The summed E-state index contributed by atoms with van der Waals surface area (Å²) in [6.45, 7) is 0. The van der Waals surface area contributed by atoms with Gasteiger partial charge in [-0.25, -0.2) is 0 Å². The molecule has 0 bridgehead atoms.